The van der Waals surface area contributed by atoms with Crippen LogP contribution in [0.25, 0.3) is 0 Å². The van der Waals surface area contributed by atoms with Crippen LogP contribution >= 0.6 is 0 Å². The molecule has 0 radical (unpaired) electrons. The molecule has 2 N–H and O–H groups in total. The van der Waals surface area contributed by atoms with Gasteiger partial charge in [0.15, 0.2) is 0 Å². The first kappa shape index (κ1) is 12.4. The fraction of sp³-hybridized carbons (Fsp3) is 0.455. The van der Waals surface area contributed by atoms with Gasteiger partial charge >= 0.3 is 5.76 Å². The molecule has 0 aliphatic heterocycles. The van der Waals surface area contributed by atoms with E-state index in [0.29, 0.717) is 5.92 Å². The van der Waals surface area contributed by atoms with E-state index < -0.39 is 15.6 Å². The summed E-state index contributed by atoms with van der Waals surface area (Å²) in [6.45, 7) is 0. The first-order chi connectivity index (χ1) is 7.91. The lowest BCUT2D eigenvalue weighted by molar-refractivity contribution is 0.234. The molecule has 1 aliphatic carbocycles. The molecule has 0 bridgehead atoms. The number of sulfone groups is 1. The molecule has 1 aromatic rings. The molecule has 0 spiro atoms. The fourth-order valence-corrected chi connectivity index (χ4v) is 2.69. The van der Waals surface area contributed by atoms with Crippen molar-refractivity contribution < 1.29 is 17.2 Å². The second-order valence-electron chi connectivity index (χ2n) is 4.30. The molecule has 0 heterocycles. The molecule has 0 amide bonds. The highest BCUT2D eigenvalue weighted by Crippen LogP contribution is 2.36. The van der Waals surface area contributed by atoms with Gasteiger partial charge in [0.25, 0.3) is 0 Å². The summed E-state index contributed by atoms with van der Waals surface area (Å²) >= 11 is 0. The van der Waals surface area contributed by atoms with Crippen molar-refractivity contribution in [1.82, 2.24) is 0 Å². The number of hydrogen-bond donors (Lipinski definition) is 1. The van der Waals surface area contributed by atoms with E-state index in [0.717, 1.165) is 18.4 Å². The molecule has 0 unspecified atom stereocenters. The van der Waals surface area contributed by atoms with Gasteiger partial charge < -0.3 is 5.73 Å². The zero-order valence-electron chi connectivity index (χ0n) is 9.01. The van der Waals surface area contributed by atoms with Crippen molar-refractivity contribution in [2.24, 2.45) is 5.73 Å². The maximum Gasteiger partial charge on any atom is 0.341 e. The van der Waals surface area contributed by atoms with Crippen LogP contribution in [0, 0.1) is 0 Å². The first-order valence-electron chi connectivity index (χ1n) is 5.29. The molecule has 1 aliphatic rings. The fourth-order valence-electron chi connectivity index (χ4n) is 1.97. The van der Waals surface area contributed by atoms with Crippen LogP contribution in [0.4, 0.5) is 8.78 Å². The van der Waals surface area contributed by atoms with Gasteiger partial charge in [0.2, 0.25) is 9.84 Å². The summed E-state index contributed by atoms with van der Waals surface area (Å²) in [7, 11) is -4.48. The summed E-state index contributed by atoms with van der Waals surface area (Å²) < 4.78 is 46.9. The van der Waals surface area contributed by atoms with Crippen LogP contribution in [0.5, 0.6) is 0 Å². The van der Waals surface area contributed by atoms with Crippen LogP contribution in [-0.4, -0.2) is 20.2 Å². The summed E-state index contributed by atoms with van der Waals surface area (Å²) in [4.78, 5) is -0.333. The van der Waals surface area contributed by atoms with E-state index in [1.165, 1.54) is 12.1 Å². The Balaban J connectivity index is 2.19. The van der Waals surface area contributed by atoms with E-state index in [1.807, 2.05) is 0 Å². The van der Waals surface area contributed by atoms with Gasteiger partial charge in [-0.25, -0.2) is 8.42 Å². The normalized spacial score (nSPS) is 24.7. The predicted molar refractivity (Wildman–Crippen MR) is 59.6 cm³/mol. The van der Waals surface area contributed by atoms with E-state index >= 15 is 0 Å². The molecule has 3 nitrogen and oxygen atoms in total. The lowest BCUT2D eigenvalue weighted by atomic mass is 9.76. The van der Waals surface area contributed by atoms with E-state index in [1.54, 1.807) is 12.1 Å². The van der Waals surface area contributed by atoms with Crippen LogP contribution in [0.3, 0.4) is 0 Å². The maximum atomic E-state index is 12.3. The third-order valence-corrected chi connectivity index (χ3v) is 4.49. The molecular formula is C11H13F2NO2S. The summed E-state index contributed by atoms with van der Waals surface area (Å²) in [6, 6.07) is 5.85. The second kappa shape index (κ2) is 4.34. The third-order valence-electron chi connectivity index (χ3n) is 3.09. The van der Waals surface area contributed by atoms with Crippen molar-refractivity contribution in [3.05, 3.63) is 29.8 Å². The summed E-state index contributed by atoms with van der Waals surface area (Å²) in [6.07, 6.45) is 1.72. The number of benzene rings is 1. The third kappa shape index (κ3) is 2.32. The Morgan fingerprint density at radius 1 is 1.18 bits per heavy atom. The molecule has 6 heteroatoms. The number of nitrogens with two attached hydrogens (primary N) is 1. The zero-order chi connectivity index (χ0) is 12.6. The Bertz CT molecular complexity index is 493. The van der Waals surface area contributed by atoms with Crippen LogP contribution < -0.4 is 5.73 Å². The van der Waals surface area contributed by atoms with Gasteiger partial charge in [-0.15, -0.1) is 0 Å². The second-order valence-corrected chi connectivity index (χ2v) is 6.22. The predicted octanol–water partition coefficient (Wildman–Crippen LogP) is 1.89. The highest BCUT2D eigenvalue weighted by molar-refractivity contribution is 7.91. The van der Waals surface area contributed by atoms with Gasteiger partial charge in [-0.1, -0.05) is 12.1 Å². The van der Waals surface area contributed by atoms with Gasteiger partial charge in [-0.2, -0.15) is 8.78 Å². The van der Waals surface area contributed by atoms with E-state index in [2.05, 4.69) is 0 Å². The molecule has 0 aromatic heterocycles. The lowest BCUT2D eigenvalue weighted by Crippen LogP contribution is -2.34. The highest BCUT2D eigenvalue weighted by Gasteiger charge is 2.29. The van der Waals surface area contributed by atoms with Crippen molar-refractivity contribution in [2.75, 3.05) is 0 Å². The minimum atomic E-state index is -4.48. The summed E-state index contributed by atoms with van der Waals surface area (Å²) in [5.41, 5.74) is 6.61. The van der Waals surface area contributed by atoms with E-state index in [-0.39, 0.29) is 10.9 Å². The largest absolute Gasteiger partial charge is 0.341 e. The van der Waals surface area contributed by atoms with Crippen LogP contribution in [0.2, 0.25) is 0 Å². The zero-order valence-corrected chi connectivity index (χ0v) is 9.83. The summed E-state index contributed by atoms with van der Waals surface area (Å²) in [5.74, 6) is -3.04. The van der Waals surface area contributed by atoms with Crippen molar-refractivity contribution in [3.8, 4) is 0 Å². The molecule has 0 saturated heterocycles. The van der Waals surface area contributed by atoms with Crippen molar-refractivity contribution >= 4 is 9.84 Å². The molecular weight excluding hydrogens is 248 g/mol. The van der Waals surface area contributed by atoms with Crippen LogP contribution in [0.15, 0.2) is 29.2 Å². The Kier molecular flexibility index (Phi) is 3.18. The van der Waals surface area contributed by atoms with Gasteiger partial charge in [-0.05, 0) is 36.5 Å². The molecule has 1 aromatic carbocycles. The quantitative estimate of drug-likeness (QED) is 0.903. The minimum absolute atomic E-state index is 0.199. The van der Waals surface area contributed by atoms with Crippen molar-refractivity contribution in [1.29, 1.82) is 0 Å². The Morgan fingerprint density at radius 3 is 2.12 bits per heavy atom. The molecule has 17 heavy (non-hydrogen) atoms. The Hall–Kier alpha value is -1.01. The lowest BCUT2D eigenvalue weighted by Gasteiger charge is -2.32. The molecule has 1 fully saturated rings. The Labute approximate surface area is 98.5 Å². The molecule has 94 valence electrons. The van der Waals surface area contributed by atoms with Gasteiger partial charge in [0, 0.05) is 6.04 Å². The van der Waals surface area contributed by atoms with Gasteiger partial charge in [-0.3, -0.25) is 0 Å². The first-order valence-corrected chi connectivity index (χ1v) is 6.83. The van der Waals surface area contributed by atoms with E-state index in [4.69, 9.17) is 5.73 Å². The smallest absolute Gasteiger partial charge is 0.328 e. The number of alkyl halides is 2. The number of hydrogen-bond acceptors (Lipinski definition) is 3. The summed E-state index contributed by atoms with van der Waals surface area (Å²) in [5, 5.41) is 0. The van der Waals surface area contributed by atoms with Crippen molar-refractivity contribution in [3.63, 3.8) is 0 Å². The van der Waals surface area contributed by atoms with Gasteiger partial charge in [0.1, 0.15) is 0 Å². The monoisotopic (exact) mass is 261 g/mol. The average molecular weight is 261 g/mol. The van der Waals surface area contributed by atoms with Gasteiger partial charge in [0.05, 0.1) is 4.90 Å². The highest BCUT2D eigenvalue weighted by atomic mass is 32.2. The molecule has 0 atom stereocenters. The van der Waals surface area contributed by atoms with Crippen LogP contribution in [-0.2, 0) is 9.84 Å². The van der Waals surface area contributed by atoms with E-state index in [9.17, 15) is 17.2 Å². The maximum absolute atomic E-state index is 12.3. The topological polar surface area (TPSA) is 60.2 Å². The Morgan fingerprint density at radius 2 is 1.71 bits per heavy atom. The number of rotatable bonds is 3. The molecule has 1 saturated carbocycles. The average Bonchev–Trinajstić information content (AvgIpc) is 2.25. The SMILES string of the molecule is NC1CC(c2ccc(S(=O)(=O)C(F)F)cc2)C1. The standard InChI is InChI=1S/C11H13F2NO2S/c12-11(13)17(15,16)10-3-1-7(2-4-10)8-5-9(14)6-8/h1-4,8-9,11H,5-6,14H2. The van der Waals surface area contributed by atoms with Crippen LogP contribution in [0.1, 0.15) is 24.3 Å². The van der Waals surface area contributed by atoms with Crippen molar-refractivity contribution in [2.45, 2.75) is 35.5 Å². The number of halogens is 2. The minimum Gasteiger partial charge on any atom is -0.328 e. The molecule has 2 rings (SSSR count).